The molecule has 0 bridgehead atoms. The maximum Gasteiger partial charge on any atom is 0.322 e. The topological polar surface area (TPSA) is 94.1 Å². The minimum atomic E-state index is -0.456. The highest BCUT2D eigenvalue weighted by atomic mass is 32.2. The normalized spacial score (nSPS) is 10.6. The standard InChI is InChI=1S/C12H14N4O3S/c1-4-13-12-14-7(2)10(16(17)18)11(15-12)20-9-5-6-19-8(9)3/h5-6H,4H2,1-3H3,(H,13,14,15). The number of hydrogen-bond acceptors (Lipinski definition) is 7. The van der Waals surface area contributed by atoms with Crippen LogP contribution in [0.4, 0.5) is 11.6 Å². The van der Waals surface area contributed by atoms with Gasteiger partial charge in [-0.25, -0.2) is 4.98 Å². The first kappa shape index (κ1) is 14.3. The summed E-state index contributed by atoms with van der Waals surface area (Å²) in [6.07, 6.45) is 1.54. The number of anilines is 1. The summed E-state index contributed by atoms with van der Waals surface area (Å²) in [5.41, 5.74) is 0.266. The molecular formula is C12H14N4O3S. The average molecular weight is 294 g/mol. The average Bonchev–Trinajstić information content (AvgIpc) is 2.74. The first-order valence-electron chi connectivity index (χ1n) is 6.01. The van der Waals surface area contributed by atoms with Gasteiger partial charge in [0, 0.05) is 6.54 Å². The number of hydrogen-bond donors (Lipinski definition) is 1. The van der Waals surface area contributed by atoms with Crippen LogP contribution in [0, 0.1) is 24.0 Å². The van der Waals surface area contributed by atoms with Crippen molar-refractivity contribution in [2.24, 2.45) is 0 Å². The van der Waals surface area contributed by atoms with E-state index in [4.69, 9.17) is 4.42 Å². The van der Waals surface area contributed by atoms with Crippen molar-refractivity contribution in [1.82, 2.24) is 9.97 Å². The highest BCUT2D eigenvalue weighted by Gasteiger charge is 2.23. The van der Waals surface area contributed by atoms with E-state index in [1.807, 2.05) is 6.92 Å². The number of aryl methyl sites for hydroxylation is 2. The summed E-state index contributed by atoms with van der Waals surface area (Å²) < 4.78 is 5.20. The van der Waals surface area contributed by atoms with Gasteiger partial charge in [-0.15, -0.1) is 0 Å². The molecule has 20 heavy (non-hydrogen) atoms. The molecule has 0 atom stereocenters. The molecule has 0 fully saturated rings. The first-order chi connectivity index (χ1) is 9.52. The van der Waals surface area contributed by atoms with Gasteiger partial charge in [-0.2, -0.15) is 4.98 Å². The van der Waals surface area contributed by atoms with Gasteiger partial charge in [-0.1, -0.05) is 11.8 Å². The molecule has 0 radical (unpaired) electrons. The molecule has 1 N–H and O–H groups in total. The second-order valence-corrected chi connectivity index (χ2v) is 5.05. The van der Waals surface area contributed by atoms with Gasteiger partial charge >= 0.3 is 5.69 Å². The molecule has 0 spiro atoms. The van der Waals surface area contributed by atoms with Gasteiger partial charge < -0.3 is 9.73 Å². The van der Waals surface area contributed by atoms with Crippen LogP contribution in [0.2, 0.25) is 0 Å². The number of nitrogens with one attached hydrogen (secondary N) is 1. The predicted molar refractivity (Wildman–Crippen MR) is 75.2 cm³/mol. The van der Waals surface area contributed by atoms with Crippen molar-refractivity contribution in [1.29, 1.82) is 0 Å². The van der Waals surface area contributed by atoms with Crippen molar-refractivity contribution in [2.45, 2.75) is 30.7 Å². The molecule has 0 aliphatic carbocycles. The summed E-state index contributed by atoms with van der Waals surface area (Å²) in [5.74, 6) is 1.09. The minimum absolute atomic E-state index is 0.0720. The summed E-state index contributed by atoms with van der Waals surface area (Å²) in [4.78, 5) is 19.9. The van der Waals surface area contributed by atoms with Crippen LogP contribution in [0.1, 0.15) is 18.4 Å². The molecule has 106 valence electrons. The highest BCUT2D eigenvalue weighted by Crippen LogP contribution is 2.37. The Bertz CT molecular complexity index is 642. The summed E-state index contributed by atoms with van der Waals surface area (Å²) in [6.45, 7) is 5.96. The van der Waals surface area contributed by atoms with Gasteiger partial charge in [0.05, 0.1) is 16.1 Å². The SMILES string of the molecule is CCNc1nc(C)c([N+](=O)[O-])c(Sc2ccoc2C)n1. The van der Waals surface area contributed by atoms with Crippen molar-refractivity contribution >= 4 is 23.4 Å². The molecule has 2 aromatic heterocycles. The molecule has 7 nitrogen and oxygen atoms in total. The maximum absolute atomic E-state index is 11.2. The van der Waals surface area contributed by atoms with E-state index in [9.17, 15) is 10.1 Å². The van der Waals surface area contributed by atoms with Gasteiger partial charge in [0.2, 0.25) is 5.95 Å². The zero-order chi connectivity index (χ0) is 14.7. The number of aromatic nitrogens is 2. The molecule has 0 saturated heterocycles. The number of furan rings is 1. The van der Waals surface area contributed by atoms with E-state index in [1.54, 1.807) is 26.2 Å². The smallest absolute Gasteiger partial charge is 0.322 e. The Hall–Kier alpha value is -2.09. The van der Waals surface area contributed by atoms with E-state index in [0.29, 0.717) is 29.0 Å². The lowest BCUT2D eigenvalue weighted by Crippen LogP contribution is -2.07. The molecular weight excluding hydrogens is 280 g/mol. The fourth-order valence-electron chi connectivity index (χ4n) is 1.64. The third-order valence-corrected chi connectivity index (χ3v) is 3.68. The van der Waals surface area contributed by atoms with E-state index >= 15 is 0 Å². The van der Waals surface area contributed by atoms with Crippen LogP contribution in [-0.4, -0.2) is 21.4 Å². The van der Waals surface area contributed by atoms with Crippen LogP contribution >= 0.6 is 11.8 Å². The lowest BCUT2D eigenvalue weighted by atomic mass is 10.4. The molecule has 0 aromatic carbocycles. The second-order valence-electron chi connectivity index (χ2n) is 4.02. The van der Waals surface area contributed by atoms with Crippen molar-refractivity contribution in [2.75, 3.05) is 11.9 Å². The molecule has 0 amide bonds. The van der Waals surface area contributed by atoms with Crippen molar-refractivity contribution in [3.8, 4) is 0 Å². The van der Waals surface area contributed by atoms with Crippen LogP contribution in [0.3, 0.4) is 0 Å². The fraction of sp³-hybridized carbons (Fsp3) is 0.333. The van der Waals surface area contributed by atoms with Crippen molar-refractivity contribution < 1.29 is 9.34 Å². The van der Waals surface area contributed by atoms with Gasteiger partial charge in [0.25, 0.3) is 0 Å². The maximum atomic E-state index is 11.2. The lowest BCUT2D eigenvalue weighted by molar-refractivity contribution is -0.389. The van der Waals surface area contributed by atoms with Crippen LogP contribution in [0.5, 0.6) is 0 Å². The predicted octanol–water partition coefficient (Wildman–Crippen LogP) is 3.18. The van der Waals surface area contributed by atoms with Gasteiger partial charge in [0.1, 0.15) is 11.5 Å². The zero-order valence-electron chi connectivity index (χ0n) is 11.3. The van der Waals surface area contributed by atoms with E-state index < -0.39 is 4.92 Å². The lowest BCUT2D eigenvalue weighted by Gasteiger charge is -2.07. The van der Waals surface area contributed by atoms with E-state index in [0.717, 1.165) is 4.90 Å². The summed E-state index contributed by atoms with van der Waals surface area (Å²) >= 11 is 1.20. The Labute approximate surface area is 120 Å². The molecule has 2 rings (SSSR count). The Morgan fingerprint density at radius 2 is 2.20 bits per heavy atom. The molecule has 0 saturated carbocycles. The van der Waals surface area contributed by atoms with Gasteiger partial charge in [0.15, 0.2) is 5.03 Å². The summed E-state index contributed by atoms with van der Waals surface area (Å²) in [7, 11) is 0. The Morgan fingerprint density at radius 1 is 1.45 bits per heavy atom. The quantitative estimate of drug-likeness (QED) is 0.514. The number of rotatable bonds is 5. The van der Waals surface area contributed by atoms with Crippen LogP contribution in [-0.2, 0) is 0 Å². The Kier molecular flexibility index (Phi) is 4.23. The van der Waals surface area contributed by atoms with Crippen LogP contribution in [0.25, 0.3) is 0 Å². The molecule has 0 unspecified atom stereocenters. The number of nitrogens with zero attached hydrogens (tertiary/aromatic N) is 3. The van der Waals surface area contributed by atoms with E-state index in [2.05, 4.69) is 15.3 Å². The number of nitro groups is 1. The summed E-state index contributed by atoms with van der Waals surface area (Å²) in [6, 6.07) is 1.76. The molecule has 8 heteroatoms. The highest BCUT2D eigenvalue weighted by molar-refractivity contribution is 7.99. The van der Waals surface area contributed by atoms with Crippen LogP contribution < -0.4 is 5.32 Å². The molecule has 2 aromatic rings. The van der Waals surface area contributed by atoms with Crippen LogP contribution in [0.15, 0.2) is 26.7 Å². The van der Waals surface area contributed by atoms with Gasteiger partial charge in [-0.3, -0.25) is 10.1 Å². The second kappa shape index (κ2) is 5.91. The van der Waals surface area contributed by atoms with E-state index in [-0.39, 0.29) is 5.69 Å². The monoisotopic (exact) mass is 294 g/mol. The molecule has 2 heterocycles. The third-order valence-electron chi connectivity index (χ3n) is 2.56. The largest absolute Gasteiger partial charge is 0.468 e. The minimum Gasteiger partial charge on any atom is -0.468 e. The summed E-state index contributed by atoms with van der Waals surface area (Å²) in [5, 5.41) is 14.5. The molecule has 0 aliphatic heterocycles. The zero-order valence-corrected chi connectivity index (χ0v) is 12.2. The Balaban J connectivity index is 2.47. The fourth-order valence-corrected chi connectivity index (χ4v) is 2.62. The first-order valence-corrected chi connectivity index (χ1v) is 6.83. The van der Waals surface area contributed by atoms with Crippen molar-refractivity contribution in [3.63, 3.8) is 0 Å². The van der Waals surface area contributed by atoms with Crippen molar-refractivity contribution in [3.05, 3.63) is 33.9 Å². The van der Waals surface area contributed by atoms with Gasteiger partial charge in [-0.05, 0) is 26.8 Å². The Morgan fingerprint density at radius 3 is 2.75 bits per heavy atom. The van der Waals surface area contributed by atoms with E-state index in [1.165, 1.54) is 11.8 Å². The third kappa shape index (κ3) is 2.90. The molecule has 0 aliphatic rings.